The van der Waals surface area contributed by atoms with E-state index in [0.717, 1.165) is 35.4 Å². The quantitative estimate of drug-likeness (QED) is 0.313. The summed E-state index contributed by atoms with van der Waals surface area (Å²) in [6.45, 7) is 9.49. The van der Waals surface area contributed by atoms with Crippen molar-refractivity contribution < 1.29 is 14.7 Å². The maximum absolute atomic E-state index is 11.3. The molecule has 3 nitrogen and oxygen atoms in total. The van der Waals surface area contributed by atoms with E-state index < -0.39 is 5.97 Å². The zero-order valence-corrected chi connectivity index (χ0v) is 22.3. The van der Waals surface area contributed by atoms with Crippen LogP contribution in [0.2, 0.25) is 0 Å². The summed E-state index contributed by atoms with van der Waals surface area (Å²) in [6, 6.07) is 15.9. The van der Waals surface area contributed by atoms with Crippen LogP contribution in [0.25, 0.3) is 0 Å². The van der Waals surface area contributed by atoms with Gasteiger partial charge in [0.1, 0.15) is 5.78 Å². The van der Waals surface area contributed by atoms with E-state index >= 15 is 0 Å². The van der Waals surface area contributed by atoms with Crippen LogP contribution in [0, 0.1) is 5.92 Å². The van der Waals surface area contributed by atoms with Crippen molar-refractivity contribution in [3.05, 3.63) is 94.0 Å². The normalized spacial score (nSPS) is 16.0. The third kappa shape index (κ3) is 11.0. The van der Waals surface area contributed by atoms with Gasteiger partial charge in [0, 0.05) is 17.4 Å². The molecule has 0 saturated heterocycles. The van der Waals surface area contributed by atoms with E-state index in [1.165, 1.54) is 16.7 Å². The van der Waals surface area contributed by atoms with E-state index in [1.54, 1.807) is 6.08 Å². The van der Waals surface area contributed by atoms with Gasteiger partial charge in [-0.1, -0.05) is 79.2 Å². The molecule has 1 saturated carbocycles. The molecular weight excluding hydrogens is 503 g/mol. The number of rotatable bonds is 4. The van der Waals surface area contributed by atoms with Crippen LogP contribution in [-0.4, -0.2) is 22.2 Å². The topological polar surface area (TPSA) is 54.4 Å². The third-order valence-corrected chi connectivity index (χ3v) is 6.05. The number of alkyl halides is 2. The van der Waals surface area contributed by atoms with Crippen LogP contribution in [0.3, 0.4) is 0 Å². The highest BCUT2D eigenvalue weighted by molar-refractivity contribution is 6.40. The van der Waals surface area contributed by atoms with Crippen molar-refractivity contribution in [2.45, 2.75) is 59.8 Å². The van der Waals surface area contributed by atoms with Crippen LogP contribution < -0.4 is 0 Å². The van der Waals surface area contributed by atoms with E-state index in [1.807, 2.05) is 51.1 Å². The number of allylic oxidation sites excluding steroid dienone is 3. The summed E-state index contributed by atoms with van der Waals surface area (Å²) in [5.74, 6) is 0.581. The number of ketones is 1. The van der Waals surface area contributed by atoms with Crippen LogP contribution >= 0.6 is 34.8 Å². The highest BCUT2D eigenvalue weighted by atomic mass is 35.5. The van der Waals surface area contributed by atoms with E-state index in [4.69, 9.17) is 39.9 Å². The number of carboxylic acids is 1. The van der Waals surface area contributed by atoms with Gasteiger partial charge in [0.05, 0.1) is 11.8 Å². The number of halogens is 3. The first-order valence-corrected chi connectivity index (χ1v) is 12.5. The average Bonchev–Trinajstić information content (AvgIpc) is 3.08. The molecule has 0 heterocycles. The van der Waals surface area contributed by atoms with Gasteiger partial charge in [-0.15, -0.1) is 29.8 Å². The molecule has 2 aliphatic carbocycles. The van der Waals surface area contributed by atoms with Gasteiger partial charge in [-0.2, -0.15) is 0 Å². The summed E-state index contributed by atoms with van der Waals surface area (Å²) < 4.78 is 0. The summed E-state index contributed by atoms with van der Waals surface area (Å²) in [7, 11) is 0. The van der Waals surface area contributed by atoms with Gasteiger partial charge < -0.3 is 5.11 Å². The minimum absolute atomic E-state index is 0. The standard InChI is InChI=1S/C11H12O2.C11H10O.C5H9Cl.CH2Cl2.CH4/c1-2-5-9-6-3-4-7-10(9)8-11(12)13;12-10-6-8-5-7-3-1-2-4-9(7)11(8)10;1-4(2)5(3)6;2-1-3;/h2-4,6-7H,1,5,8H2,(H,12,13);1-4,8,11H,5-6H2;1-3H3;1H2;1H4. The number of aliphatic carboxylic acids is 1. The SMILES string of the molecule is C.C=CCc1ccccc1CC(=O)O.CC(C)=C(C)Cl.ClCCl.O=C1CC2Cc3ccccc3C12. The van der Waals surface area contributed by atoms with Crippen LogP contribution in [0.5, 0.6) is 0 Å². The fourth-order valence-corrected chi connectivity index (χ4v) is 3.78. The van der Waals surface area contributed by atoms with Crippen molar-refractivity contribution in [1.29, 1.82) is 0 Å². The fraction of sp³-hybridized carbons (Fsp3) is 0.379. The maximum Gasteiger partial charge on any atom is 0.307 e. The van der Waals surface area contributed by atoms with Crippen LogP contribution in [0.15, 0.2) is 71.8 Å². The Morgan fingerprint density at radius 1 is 1.03 bits per heavy atom. The monoisotopic (exact) mass is 538 g/mol. The maximum atomic E-state index is 11.3. The molecule has 2 aromatic carbocycles. The molecule has 0 amide bonds. The number of Topliss-reactive ketones (excluding diaryl/α,β-unsaturated/α-hetero) is 1. The van der Waals surface area contributed by atoms with E-state index in [0.29, 0.717) is 11.7 Å². The van der Waals surface area contributed by atoms with E-state index in [9.17, 15) is 9.59 Å². The summed E-state index contributed by atoms with van der Waals surface area (Å²) in [5.41, 5.74) is 5.81. The Balaban J connectivity index is 0.000000488. The number of hydrogen-bond donors (Lipinski definition) is 1. The largest absolute Gasteiger partial charge is 0.481 e. The molecule has 0 aromatic heterocycles. The molecule has 0 bridgehead atoms. The second kappa shape index (κ2) is 17.4. The van der Waals surface area contributed by atoms with Crippen LogP contribution in [-0.2, 0) is 28.9 Å². The van der Waals surface area contributed by atoms with E-state index in [-0.39, 0.29) is 25.1 Å². The molecule has 0 radical (unpaired) electrons. The Morgan fingerprint density at radius 3 is 2.03 bits per heavy atom. The number of carboxylic acid groups (broad SMARTS) is 1. The average molecular weight is 540 g/mol. The zero-order chi connectivity index (χ0) is 25.7. The van der Waals surface area contributed by atoms with Gasteiger partial charge >= 0.3 is 5.97 Å². The Bertz CT molecular complexity index is 980. The fourth-order valence-electron chi connectivity index (χ4n) is 3.78. The molecule has 1 fully saturated rings. The van der Waals surface area contributed by atoms with Gasteiger partial charge in [0.25, 0.3) is 0 Å². The lowest BCUT2D eigenvalue weighted by Crippen LogP contribution is -2.31. The second-order valence-electron chi connectivity index (χ2n) is 8.28. The predicted octanol–water partition coefficient (Wildman–Crippen LogP) is 8.55. The first-order chi connectivity index (χ1) is 16.2. The van der Waals surface area contributed by atoms with Gasteiger partial charge in [0.2, 0.25) is 0 Å². The molecule has 0 spiro atoms. The number of carbonyl (C=O) groups is 2. The van der Waals surface area contributed by atoms with Gasteiger partial charge in [-0.25, -0.2) is 0 Å². The van der Waals surface area contributed by atoms with Gasteiger partial charge in [-0.3, -0.25) is 9.59 Å². The summed E-state index contributed by atoms with van der Waals surface area (Å²) >= 11 is 15.0. The summed E-state index contributed by atoms with van der Waals surface area (Å²) in [6.07, 6.45) is 4.54. The number of hydrogen-bond acceptors (Lipinski definition) is 2. The Hall–Kier alpha value is -2.07. The minimum Gasteiger partial charge on any atom is -0.481 e. The molecule has 0 aliphatic heterocycles. The Labute approximate surface area is 225 Å². The van der Waals surface area contributed by atoms with Crippen LogP contribution in [0.4, 0.5) is 0 Å². The first-order valence-electron chi connectivity index (χ1n) is 11.1. The van der Waals surface area contributed by atoms with Crippen molar-refractivity contribution in [1.82, 2.24) is 0 Å². The van der Waals surface area contributed by atoms with Crippen LogP contribution in [0.1, 0.15) is 62.8 Å². The predicted molar refractivity (Wildman–Crippen MR) is 151 cm³/mol. The highest BCUT2D eigenvalue weighted by Gasteiger charge is 2.45. The smallest absolute Gasteiger partial charge is 0.307 e. The van der Waals surface area contributed by atoms with Crippen molar-refractivity contribution >= 4 is 46.6 Å². The van der Waals surface area contributed by atoms with Crippen molar-refractivity contribution in [2.24, 2.45) is 5.92 Å². The van der Waals surface area contributed by atoms with Crippen molar-refractivity contribution in [2.75, 3.05) is 5.34 Å². The molecule has 2 aliphatic rings. The number of carbonyl (C=O) groups excluding carboxylic acids is 1. The third-order valence-electron chi connectivity index (χ3n) is 5.67. The summed E-state index contributed by atoms with van der Waals surface area (Å²) in [4.78, 5) is 21.8. The molecule has 192 valence electrons. The molecule has 1 N–H and O–H groups in total. The van der Waals surface area contributed by atoms with Gasteiger partial charge in [-0.05, 0) is 61.8 Å². The molecule has 2 aromatic rings. The summed E-state index contributed by atoms with van der Waals surface area (Å²) in [5, 5.41) is 9.73. The lowest BCUT2D eigenvalue weighted by molar-refractivity contribution is -0.136. The highest BCUT2D eigenvalue weighted by Crippen LogP contribution is 2.48. The lowest BCUT2D eigenvalue weighted by atomic mass is 9.73. The van der Waals surface area contributed by atoms with Crippen molar-refractivity contribution in [3.8, 4) is 0 Å². The number of benzene rings is 2. The van der Waals surface area contributed by atoms with Gasteiger partial charge in [0.15, 0.2) is 0 Å². The molecule has 4 rings (SSSR count). The molecule has 2 unspecified atom stereocenters. The molecule has 6 heteroatoms. The first kappa shape index (κ1) is 32.9. The lowest BCUT2D eigenvalue weighted by Gasteiger charge is -2.28. The molecule has 35 heavy (non-hydrogen) atoms. The molecular formula is C29H37Cl3O3. The van der Waals surface area contributed by atoms with E-state index in [2.05, 4.69) is 24.8 Å². The Kier molecular flexibility index (Phi) is 16.3. The minimum atomic E-state index is -0.795. The zero-order valence-electron chi connectivity index (χ0n) is 20.0. The second-order valence-corrected chi connectivity index (χ2v) is 9.65. The Morgan fingerprint density at radius 2 is 1.54 bits per heavy atom. The van der Waals surface area contributed by atoms with Crippen molar-refractivity contribution in [3.63, 3.8) is 0 Å². The number of fused-ring (bicyclic) bond motifs is 3. The molecule has 2 atom stereocenters.